The Morgan fingerprint density at radius 3 is 2.40 bits per heavy atom. The van der Waals surface area contributed by atoms with Crippen LogP contribution in [0.15, 0.2) is 47.6 Å². The standard InChI is InChI=1S/C19H25N/c1-15(2)6-5-7-16(3)12-17(4)13-18-8-10-19(14-20)11-9-18/h6,8-12,17H,5,7,13H2,1-4H3/b16-12+. The van der Waals surface area contributed by atoms with Crippen molar-refractivity contribution < 1.29 is 0 Å². The van der Waals surface area contributed by atoms with Crippen LogP contribution in [0.2, 0.25) is 0 Å². The van der Waals surface area contributed by atoms with Crippen LogP contribution < -0.4 is 0 Å². The fraction of sp³-hybridized carbons (Fsp3) is 0.421. The first-order chi connectivity index (χ1) is 9.51. The van der Waals surface area contributed by atoms with Crippen molar-refractivity contribution in [1.29, 1.82) is 5.26 Å². The summed E-state index contributed by atoms with van der Waals surface area (Å²) in [4.78, 5) is 0. The van der Waals surface area contributed by atoms with E-state index in [4.69, 9.17) is 5.26 Å². The Labute approximate surface area is 123 Å². The van der Waals surface area contributed by atoms with Crippen molar-refractivity contribution >= 4 is 0 Å². The molecule has 0 fully saturated rings. The van der Waals surface area contributed by atoms with Gasteiger partial charge in [0, 0.05) is 0 Å². The van der Waals surface area contributed by atoms with Gasteiger partial charge >= 0.3 is 0 Å². The molecule has 0 N–H and O–H groups in total. The second-order valence-electron chi connectivity index (χ2n) is 5.82. The summed E-state index contributed by atoms with van der Waals surface area (Å²) in [5.41, 5.74) is 4.88. The molecule has 1 rings (SSSR count). The lowest BCUT2D eigenvalue weighted by Crippen LogP contribution is -1.97. The lowest BCUT2D eigenvalue weighted by atomic mass is 9.97. The van der Waals surface area contributed by atoms with Gasteiger partial charge in [0.2, 0.25) is 0 Å². The number of nitriles is 1. The fourth-order valence-corrected chi connectivity index (χ4v) is 2.30. The van der Waals surface area contributed by atoms with Gasteiger partial charge in [-0.3, -0.25) is 0 Å². The maximum Gasteiger partial charge on any atom is 0.0991 e. The molecule has 0 aliphatic carbocycles. The Kier molecular flexibility index (Phi) is 6.81. The first kappa shape index (κ1) is 16.2. The summed E-state index contributed by atoms with van der Waals surface area (Å²) in [5, 5.41) is 8.79. The molecule has 0 aliphatic heterocycles. The molecule has 106 valence electrons. The van der Waals surface area contributed by atoms with E-state index in [2.05, 4.69) is 58.0 Å². The smallest absolute Gasteiger partial charge is 0.0991 e. The Balaban J connectivity index is 2.50. The van der Waals surface area contributed by atoms with Gasteiger partial charge in [-0.15, -0.1) is 0 Å². The molecule has 0 spiro atoms. The Morgan fingerprint density at radius 2 is 1.85 bits per heavy atom. The molecule has 0 amide bonds. The Bertz CT molecular complexity index is 508. The van der Waals surface area contributed by atoms with Gasteiger partial charge in [0.15, 0.2) is 0 Å². The summed E-state index contributed by atoms with van der Waals surface area (Å²) in [6, 6.07) is 10.1. The van der Waals surface area contributed by atoms with Gasteiger partial charge in [-0.05, 0) is 63.6 Å². The molecule has 20 heavy (non-hydrogen) atoms. The van der Waals surface area contributed by atoms with E-state index in [1.54, 1.807) is 0 Å². The topological polar surface area (TPSA) is 23.8 Å². The maximum atomic E-state index is 8.79. The van der Waals surface area contributed by atoms with Crippen LogP contribution in [0.4, 0.5) is 0 Å². The van der Waals surface area contributed by atoms with Gasteiger partial charge in [-0.25, -0.2) is 0 Å². The summed E-state index contributed by atoms with van der Waals surface area (Å²) in [7, 11) is 0. The molecule has 0 bridgehead atoms. The van der Waals surface area contributed by atoms with Crippen LogP contribution in [0.3, 0.4) is 0 Å². The first-order valence-corrected chi connectivity index (χ1v) is 7.31. The number of rotatable bonds is 6. The van der Waals surface area contributed by atoms with E-state index in [1.807, 2.05) is 12.1 Å². The number of hydrogen-bond acceptors (Lipinski definition) is 1. The van der Waals surface area contributed by atoms with Gasteiger partial charge in [-0.2, -0.15) is 5.26 Å². The average molecular weight is 267 g/mol. The summed E-state index contributed by atoms with van der Waals surface area (Å²) < 4.78 is 0. The zero-order chi connectivity index (χ0) is 15.0. The third-order valence-electron chi connectivity index (χ3n) is 3.30. The van der Waals surface area contributed by atoms with Gasteiger partial charge in [-0.1, -0.05) is 42.4 Å². The molecular weight excluding hydrogens is 242 g/mol. The van der Waals surface area contributed by atoms with Crippen molar-refractivity contribution in [2.24, 2.45) is 5.92 Å². The zero-order valence-electron chi connectivity index (χ0n) is 13.1. The van der Waals surface area contributed by atoms with Crippen molar-refractivity contribution in [2.45, 2.75) is 47.0 Å². The second-order valence-corrected chi connectivity index (χ2v) is 5.82. The first-order valence-electron chi connectivity index (χ1n) is 7.31. The van der Waals surface area contributed by atoms with Crippen molar-refractivity contribution in [3.05, 3.63) is 58.7 Å². The Morgan fingerprint density at radius 1 is 1.20 bits per heavy atom. The van der Waals surface area contributed by atoms with Gasteiger partial charge < -0.3 is 0 Å². The van der Waals surface area contributed by atoms with Crippen LogP contribution in [-0.4, -0.2) is 0 Å². The molecule has 0 radical (unpaired) electrons. The van der Waals surface area contributed by atoms with Crippen molar-refractivity contribution in [1.82, 2.24) is 0 Å². The maximum absolute atomic E-state index is 8.79. The predicted octanol–water partition coefficient (Wildman–Crippen LogP) is 5.43. The summed E-state index contributed by atoms with van der Waals surface area (Å²) >= 11 is 0. The average Bonchev–Trinajstić information content (AvgIpc) is 2.38. The third-order valence-corrected chi connectivity index (χ3v) is 3.30. The number of hydrogen-bond donors (Lipinski definition) is 0. The van der Waals surface area contributed by atoms with Gasteiger partial charge in [0.25, 0.3) is 0 Å². The SMILES string of the molecule is CC(C)=CCC/C(C)=C/C(C)Cc1ccc(C#N)cc1. The lowest BCUT2D eigenvalue weighted by molar-refractivity contribution is 0.711. The summed E-state index contributed by atoms with van der Waals surface area (Å²) in [5.74, 6) is 0.537. The number of nitrogens with zero attached hydrogens (tertiary/aromatic N) is 1. The van der Waals surface area contributed by atoms with Crippen LogP contribution in [0.25, 0.3) is 0 Å². The van der Waals surface area contributed by atoms with Crippen LogP contribution in [0.1, 0.15) is 51.7 Å². The minimum atomic E-state index is 0.537. The predicted molar refractivity (Wildman–Crippen MR) is 86.4 cm³/mol. The molecule has 0 saturated heterocycles. The molecule has 1 heteroatoms. The summed E-state index contributed by atoms with van der Waals surface area (Å²) in [6.07, 6.45) is 7.97. The van der Waals surface area contributed by atoms with Crippen LogP contribution >= 0.6 is 0 Å². The zero-order valence-corrected chi connectivity index (χ0v) is 13.1. The normalized spacial score (nSPS) is 12.7. The number of benzene rings is 1. The fourth-order valence-electron chi connectivity index (χ4n) is 2.30. The molecule has 0 heterocycles. The molecule has 1 unspecified atom stereocenters. The van der Waals surface area contributed by atoms with E-state index < -0.39 is 0 Å². The van der Waals surface area contributed by atoms with Crippen molar-refractivity contribution in [2.75, 3.05) is 0 Å². The highest BCUT2D eigenvalue weighted by Gasteiger charge is 2.02. The van der Waals surface area contributed by atoms with Crippen LogP contribution in [0, 0.1) is 17.2 Å². The van der Waals surface area contributed by atoms with E-state index >= 15 is 0 Å². The quantitative estimate of drug-likeness (QED) is 0.630. The van der Waals surface area contributed by atoms with Crippen LogP contribution in [0.5, 0.6) is 0 Å². The highest BCUT2D eigenvalue weighted by atomic mass is 14.2. The van der Waals surface area contributed by atoms with Crippen molar-refractivity contribution in [3.8, 4) is 6.07 Å². The van der Waals surface area contributed by atoms with E-state index in [1.165, 1.54) is 16.7 Å². The molecule has 1 aromatic carbocycles. The van der Waals surface area contributed by atoms with Crippen LogP contribution in [-0.2, 0) is 6.42 Å². The molecule has 0 saturated carbocycles. The van der Waals surface area contributed by atoms with Crippen molar-refractivity contribution in [3.63, 3.8) is 0 Å². The monoisotopic (exact) mass is 267 g/mol. The minimum absolute atomic E-state index is 0.537. The molecule has 1 aromatic rings. The molecular formula is C19H25N. The van der Waals surface area contributed by atoms with E-state index in [-0.39, 0.29) is 0 Å². The van der Waals surface area contributed by atoms with E-state index in [0.29, 0.717) is 5.92 Å². The lowest BCUT2D eigenvalue weighted by Gasteiger charge is -2.09. The highest BCUT2D eigenvalue weighted by Crippen LogP contribution is 2.15. The van der Waals surface area contributed by atoms with E-state index in [0.717, 1.165) is 24.8 Å². The molecule has 1 nitrogen and oxygen atoms in total. The highest BCUT2D eigenvalue weighted by molar-refractivity contribution is 5.31. The molecule has 0 aromatic heterocycles. The molecule has 1 atom stereocenters. The number of allylic oxidation sites excluding steroid dienone is 4. The van der Waals surface area contributed by atoms with Gasteiger partial charge in [0.05, 0.1) is 11.6 Å². The third kappa shape index (κ3) is 6.38. The van der Waals surface area contributed by atoms with Gasteiger partial charge in [0.1, 0.15) is 0 Å². The summed E-state index contributed by atoms with van der Waals surface area (Å²) in [6.45, 7) is 8.76. The largest absolute Gasteiger partial charge is 0.192 e. The minimum Gasteiger partial charge on any atom is -0.192 e. The second kappa shape index (κ2) is 8.38. The molecule has 0 aliphatic rings. The van der Waals surface area contributed by atoms with E-state index in [9.17, 15) is 0 Å². The Hall–Kier alpha value is -1.81.